The Bertz CT molecular complexity index is 608. The van der Waals surface area contributed by atoms with E-state index in [0.29, 0.717) is 5.56 Å². The highest BCUT2D eigenvalue weighted by molar-refractivity contribution is 5.83. The minimum atomic E-state index is -1.29. The standard InChI is InChI=1S/C19H24N2O3/c22-17(23)16(15-4-2-1-3-5-15)20-18(24)21-19-9-12-6-13(10-19)8-14(7-12)11-19/h1-5,12-14,16H,6-11H2,(H,22,23)(H2,20,21,24)/p-1/t12?,13?,14?,16-,19?/m0/s1. The molecular formula is C19H23N2O3-. The number of carbonyl (C=O) groups is 2. The molecule has 5 rings (SSSR count). The predicted molar refractivity (Wildman–Crippen MR) is 86.8 cm³/mol. The number of amides is 2. The van der Waals surface area contributed by atoms with Gasteiger partial charge in [-0.3, -0.25) is 0 Å². The smallest absolute Gasteiger partial charge is 0.316 e. The minimum absolute atomic E-state index is 0.133. The van der Waals surface area contributed by atoms with Crippen molar-refractivity contribution in [2.45, 2.75) is 50.1 Å². The summed E-state index contributed by atoms with van der Waals surface area (Å²) in [5.74, 6) is 0.884. The van der Waals surface area contributed by atoms with Gasteiger partial charge in [0.15, 0.2) is 0 Å². The van der Waals surface area contributed by atoms with Gasteiger partial charge in [-0.25, -0.2) is 4.79 Å². The molecule has 2 N–H and O–H groups in total. The Morgan fingerprint density at radius 1 is 1.00 bits per heavy atom. The number of nitrogens with one attached hydrogen (secondary N) is 2. The molecule has 5 heteroatoms. The zero-order valence-corrected chi connectivity index (χ0v) is 13.7. The molecule has 0 heterocycles. The van der Waals surface area contributed by atoms with Gasteiger partial charge >= 0.3 is 6.03 Å². The van der Waals surface area contributed by atoms with E-state index in [4.69, 9.17) is 0 Å². The summed E-state index contributed by atoms with van der Waals surface area (Å²) >= 11 is 0. The maximum Gasteiger partial charge on any atom is 0.316 e. The largest absolute Gasteiger partial charge is 0.548 e. The number of hydrogen-bond acceptors (Lipinski definition) is 3. The molecule has 1 atom stereocenters. The van der Waals surface area contributed by atoms with Crippen molar-refractivity contribution in [2.75, 3.05) is 0 Å². The van der Waals surface area contributed by atoms with E-state index in [9.17, 15) is 14.7 Å². The summed E-state index contributed by atoms with van der Waals surface area (Å²) in [7, 11) is 0. The first-order valence-electron chi connectivity index (χ1n) is 8.87. The number of carbonyl (C=O) groups excluding carboxylic acids is 2. The fraction of sp³-hybridized carbons (Fsp3) is 0.579. The molecule has 4 aliphatic carbocycles. The Hall–Kier alpha value is -2.04. The van der Waals surface area contributed by atoms with Crippen LogP contribution in [-0.2, 0) is 4.79 Å². The quantitative estimate of drug-likeness (QED) is 0.884. The average molecular weight is 327 g/mol. The van der Waals surface area contributed by atoms with Crippen LogP contribution in [0.25, 0.3) is 0 Å². The summed E-state index contributed by atoms with van der Waals surface area (Å²) in [5, 5.41) is 17.2. The lowest BCUT2D eigenvalue weighted by atomic mass is 9.53. The number of urea groups is 1. The van der Waals surface area contributed by atoms with E-state index in [1.54, 1.807) is 24.3 Å². The fourth-order valence-electron chi connectivity index (χ4n) is 5.60. The van der Waals surface area contributed by atoms with Gasteiger partial charge in [-0.15, -0.1) is 0 Å². The second-order valence-corrected chi connectivity index (χ2v) is 7.96. The van der Waals surface area contributed by atoms with Crippen molar-refractivity contribution >= 4 is 12.0 Å². The first-order chi connectivity index (χ1) is 11.5. The van der Waals surface area contributed by atoms with Crippen LogP contribution in [0.15, 0.2) is 30.3 Å². The van der Waals surface area contributed by atoms with Crippen LogP contribution in [0.2, 0.25) is 0 Å². The van der Waals surface area contributed by atoms with Crippen LogP contribution in [0.4, 0.5) is 4.79 Å². The lowest BCUT2D eigenvalue weighted by molar-refractivity contribution is -0.308. The Morgan fingerprint density at radius 3 is 2.04 bits per heavy atom. The second-order valence-electron chi connectivity index (χ2n) is 7.96. The van der Waals surface area contributed by atoms with Crippen molar-refractivity contribution < 1.29 is 14.7 Å². The van der Waals surface area contributed by atoms with Gasteiger partial charge < -0.3 is 20.5 Å². The van der Waals surface area contributed by atoms with Crippen molar-refractivity contribution in [2.24, 2.45) is 17.8 Å². The first-order valence-corrected chi connectivity index (χ1v) is 8.87. The lowest BCUT2D eigenvalue weighted by Crippen LogP contribution is -2.62. The van der Waals surface area contributed by atoms with Crippen LogP contribution in [0.5, 0.6) is 0 Å². The van der Waals surface area contributed by atoms with E-state index in [-0.39, 0.29) is 5.54 Å². The molecule has 4 bridgehead atoms. The summed E-state index contributed by atoms with van der Waals surface area (Å²) in [6.07, 6.45) is 7.01. The summed E-state index contributed by atoms with van der Waals surface area (Å²) in [5.41, 5.74) is 0.393. The van der Waals surface area contributed by atoms with E-state index >= 15 is 0 Å². The average Bonchev–Trinajstić information content (AvgIpc) is 2.51. The molecule has 4 fully saturated rings. The molecule has 2 amide bonds. The molecule has 4 aliphatic rings. The van der Waals surface area contributed by atoms with E-state index in [1.165, 1.54) is 19.3 Å². The number of aliphatic carboxylic acids is 1. The third-order valence-electron chi connectivity index (χ3n) is 6.06. The third-order valence-corrected chi connectivity index (χ3v) is 6.06. The SMILES string of the molecule is O=C(N[C@H](C(=O)[O-])c1ccccc1)NC12CC3CC(CC(C3)C1)C2. The maximum atomic E-state index is 12.5. The van der Waals surface area contributed by atoms with Crippen LogP contribution < -0.4 is 15.7 Å². The van der Waals surface area contributed by atoms with Crippen molar-refractivity contribution in [3.05, 3.63) is 35.9 Å². The molecule has 0 aromatic heterocycles. The fourth-order valence-corrected chi connectivity index (χ4v) is 5.60. The first kappa shape index (κ1) is 15.5. The Morgan fingerprint density at radius 2 is 1.54 bits per heavy atom. The molecule has 24 heavy (non-hydrogen) atoms. The van der Waals surface area contributed by atoms with Crippen LogP contribution in [-0.4, -0.2) is 17.5 Å². The number of rotatable bonds is 4. The highest BCUT2D eigenvalue weighted by Crippen LogP contribution is 2.55. The van der Waals surface area contributed by atoms with Crippen LogP contribution in [0, 0.1) is 17.8 Å². The van der Waals surface area contributed by atoms with Gasteiger partial charge in [0.1, 0.15) is 0 Å². The zero-order valence-electron chi connectivity index (χ0n) is 13.7. The van der Waals surface area contributed by atoms with E-state index in [0.717, 1.165) is 37.0 Å². The number of carboxylic acid groups (broad SMARTS) is 1. The molecule has 0 radical (unpaired) electrons. The lowest BCUT2D eigenvalue weighted by Gasteiger charge is -2.56. The molecular weight excluding hydrogens is 304 g/mol. The number of benzene rings is 1. The number of carboxylic acids is 1. The normalized spacial score (nSPS) is 34.6. The van der Waals surface area contributed by atoms with E-state index < -0.39 is 18.0 Å². The highest BCUT2D eigenvalue weighted by atomic mass is 16.4. The second kappa shape index (κ2) is 5.80. The van der Waals surface area contributed by atoms with Gasteiger partial charge in [0.25, 0.3) is 0 Å². The highest BCUT2D eigenvalue weighted by Gasteiger charge is 2.51. The molecule has 4 saturated carbocycles. The van der Waals surface area contributed by atoms with Gasteiger partial charge in [0, 0.05) is 5.54 Å². The monoisotopic (exact) mass is 327 g/mol. The summed E-state index contributed by atoms with van der Waals surface area (Å²) < 4.78 is 0. The van der Waals surface area contributed by atoms with Crippen LogP contribution in [0.3, 0.4) is 0 Å². The van der Waals surface area contributed by atoms with Gasteiger partial charge in [0.05, 0.1) is 12.0 Å². The molecule has 1 aromatic carbocycles. The van der Waals surface area contributed by atoms with Gasteiger partial charge in [-0.05, 0) is 61.8 Å². The molecule has 0 unspecified atom stereocenters. The van der Waals surface area contributed by atoms with Crippen molar-refractivity contribution in [1.82, 2.24) is 10.6 Å². The molecule has 5 nitrogen and oxygen atoms in total. The summed E-state index contributed by atoms with van der Waals surface area (Å²) in [6, 6.07) is 7.17. The van der Waals surface area contributed by atoms with Crippen molar-refractivity contribution in [3.8, 4) is 0 Å². The predicted octanol–water partition coefficient (Wildman–Crippen LogP) is 1.75. The van der Waals surface area contributed by atoms with Gasteiger partial charge in [-0.1, -0.05) is 30.3 Å². The molecule has 0 aliphatic heterocycles. The molecule has 0 spiro atoms. The summed E-state index contributed by atoms with van der Waals surface area (Å²) in [6.45, 7) is 0. The Kier molecular flexibility index (Phi) is 3.74. The zero-order chi connectivity index (χ0) is 16.7. The van der Waals surface area contributed by atoms with Crippen LogP contribution >= 0.6 is 0 Å². The maximum absolute atomic E-state index is 12.5. The molecule has 1 aromatic rings. The van der Waals surface area contributed by atoms with Crippen molar-refractivity contribution in [1.29, 1.82) is 0 Å². The summed E-state index contributed by atoms with van der Waals surface area (Å²) in [4.78, 5) is 23.9. The Balaban J connectivity index is 1.45. The van der Waals surface area contributed by atoms with Crippen LogP contribution in [0.1, 0.15) is 50.1 Å². The molecule has 0 saturated heterocycles. The number of hydrogen-bond donors (Lipinski definition) is 2. The molecule has 128 valence electrons. The van der Waals surface area contributed by atoms with E-state index in [1.807, 2.05) is 6.07 Å². The Labute approximate surface area is 141 Å². The third kappa shape index (κ3) is 2.87. The van der Waals surface area contributed by atoms with Crippen molar-refractivity contribution in [3.63, 3.8) is 0 Å². The van der Waals surface area contributed by atoms with Gasteiger partial charge in [-0.2, -0.15) is 0 Å². The van der Waals surface area contributed by atoms with E-state index in [2.05, 4.69) is 10.6 Å². The minimum Gasteiger partial charge on any atom is -0.548 e. The van der Waals surface area contributed by atoms with Gasteiger partial charge in [0.2, 0.25) is 0 Å². The topological polar surface area (TPSA) is 81.3 Å².